The number of non-ortho nitro benzene ring substituents is 2. The van der Waals surface area contributed by atoms with Gasteiger partial charge in [-0.3, -0.25) is 25.0 Å². The number of carbonyl (C=O) groups excluding carboxylic acids is 1. The first-order valence-electron chi connectivity index (χ1n) is 5.66. The van der Waals surface area contributed by atoms with Gasteiger partial charge in [-0.05, 0) is 0 Å². The normalized spacial score (nSPS) is 10.4. The number of rotatable bonds is 7. The van der Waals surface area contributed by atoms with Crippen molar-refractivity contribution in [2.45, 2.75) is 6.29 Å². The molecule has 1 aromatic rings. The molecule has 0 radical (unpaired) electrons. The van der Waals surface area contributed by atoms with Gasteiger partial charge in [0.15, 0.2) is 6.29 Å². The molecular weight excluding hydrogens is 286 g/mol. The molecule has 0 aromatic heterocycles. The fourth-order valence-electron chi connectivity index (χ4n) is 1.48. The summed E-state index contributed by atoms with van der Waals surface area (Å²) in [6.45, 7) is -0.0116. The van der Waals surface area contributed by atoms with Crippen LogP contribution in [0.2, 0.25) is 0 Å². The number of amides is 1. The van der Waals surface area contributed by atoms with Gasteiger partial charge in [-0.15, -0.1) is 0 Å². The van der Waals surface area contributed by atoms with Gasteiger partial charge >= 0.3 is 0 Å². The van der Waals surface area contributed by atoms with E-state index in [1.807, 2.05) is 0 Å². The van der Waals surface area contributed by atoms with Gasteiger partial charge in [-0.2, -0.15) is 0 Å². The number of hydrogen-bond donors (Lipinski definition) is 1. The van der Waals surface area contributed by atoms with Crippen LogP contribution in [0.3, 0.4) is 0 Å². The summed E-state index contributed by atoms with van der Waals surface area (Å²) in [6, 6.07) is 2.69. The molecule has 10 heteroatoms. The summed E-state index contributed by atoms with van der Waals surface area (Å²) >= 11 is 0. The van der Waals surface area contributed by atoms with E-state index in [1.54, 1.807) is 0 Å². The van der Waals surface area contributed by atoms with Crippen molar-refractivity contribution in [3.05, 3.63) is 44.0 Å². The number of benzene rings is 1. The Bertz CT molecular complexity index is 524. The molecule has 1 N–H and O–H groups in total. The fourth-order valence-corrected chi connectivity index (χ4v) is 1.48. The Kier molecular flexibility index (Phi) is 5.69. The zero-order valence-electron chi connectivity index (χ0n) is 11.3. The molecule has 21 heavy (non-hydrogen) atoms. The maximum absolute atomic E-state index is 11.9. The lowest BCUT2D eigenvalue weighted by molar-refractivity contribution is -0.394. The first-order chi connectivity index (χ1) is 9.88. The second kappa shape index (κ2) is 7.26. The Labute approximate surface area is 119 Å². The van der Waals surface area contributed by atoms with Gasteiger partial charge in [0.1, 0.15) is 0 Å². The fraction of sp³-hybridized carbons (Fsp3) is 0.364. The Morgan fingerprint density at radius 2 is 1.62 bits per heavy atom. The average Bonchev–Trinajstić information content (AvgIpc) is 2.47. The van der Waals surface area contributed by atoms with Crippen LogP contribution in [0.1, 0.15) is 10.4 Å². The Hall–Kier alpha value is -2.59. The molecule has 114 valence electrons. The summed E-state index contributed by atoms with van der Waals surface area (Å²) in [7, 11) is 2.75. The quantitative estimate of drug-likeness (QED) is 0.448. The van der Waals surface area contributed by atoms with Crippen LogP contribution in [0.15, 0.2) is 18.2 Å². The third-order valence-corrected chi connectivity index (χ3v) is 2.54. The number of nitrogens with one attached hydrogen (secondary N) is 1. The number of methoxy groups -OCH3 is 2. The maximum atomic E-state index is 11.9. The lowest BCUT2D eigenvalue weighted by atomic mass is 10.1. The number of nitro benzene ring substituents is 2. The highest BCUT2D eigenvalue weighted by atomic mass is 16.7. The minimum Gasteiger partial charge on any atom is -0.354 e. The van der Waals surface area contributed by atoms with Crippen LogP contribution in [0.4, 0.5) is 11.4 Å². The van der Waals surface area contributed by atoms with E-state index in [2.05, 4.69) is 5.32 Å². The van der Waals surface area contributed by atoms with Crippen LogP contribution in [0.25, 0.3) is 0 Å². The van der Waals surface area contributed by atoms with E-state index in [0.717, 1.165) is 18.2 Å². The Morgan fingerprint density at radius 3 is 2.00 bits per heavy atom. The van der Waals surface area contributed by atoms with Gasteiger partial charge in [0.25, 0.3) is 17.3 Å². The molecule has 1 rings (SSSR count). The number of hydrogen-bond acceptors (Lipinski definition) is 7. The van der Waals surface area contributed by atoms with Crippen LogP contribution in [0.5, 0.6) is 0 Å². The number of carbonyl (C=O) groups is 1. The summed E-state index contributed by atoms with van der Waals surface area (Å²) in [6.07, 6.45) is -0.692. The van der Waals surface area contributed by atoms with Gasteiger partial charge < -0.3 is 14.8 Å². The van der Waals surface area contributed by atoms with Crippen molar-refractivity contribution >= 4 is 17.3 Å². The molecule has 0 bridgehead atoms. The lowest BCUT2D eigenvalue weighted by Gasteiger charge is -2.13. The third-order valence-electron chi connectivity index (χ3n) is 2.54. The van der Waals surface area contributed by atoms with Gasteiger partial charge in [-0.25, -0.2) is 0 Å². The second-order valence-corrected chi connectivity index (χ2v) is 3.86. The Morgan fingerprint density at radius 1 is 1.14 bits per heavy atom. The van der Waals surface area contributed by atoms with Crippen LogP contribution >= 0.6 is 0 Å². The highest BCUT2D eigenvalue weighted by molar-refractivity contribution is 5.95. The molecule has 0 saturated carbocycles. The molecule has 1 aromatic carbocycles. The van der Waals surface area contributed by atoms with E-state index < -0.39 is 33.4 Å². The topological polar surface area (TPSA) is 134 Å². The maximum Gasteiger partial charge on any atom is 0.277 e. The second-order valence-electron chi connectivity index (χ2n) is 3.86. The van der Waals surface area contributed by atoms with E-state index in [1.165, 1.54) is 14.2 Å². The minimum absolute atomic E-state index is 0.0116. The summed E-state index contributed by atoms with van der Waals surface area (Å²) in [5, 5.41) is 23.8. The molecule has 0 aliphatic rings. The predicted octanol–water partition coefficient (Wildman–Crippen LogP) is 0.852. The van der Waals surface area contributed by atoms with E-state index in [9.17, 15) is 25.0 Å². The third kappa shape index (κ3) is 4.47. The molecule has 0 aliphatic heterocycles. The van der Waals surface area contributed by atoms with Crippen molar-refractivity contribution in [2.75, 3.05) is 20.8 Å². The molecule has 0 spiro atoms. The SMILES string of the molecule is COC(CNC(=O)c1cc([N+](=O)[O-])cc([N+](=O)[O-])c1)OC. The van der Waals surface area contributed by atoms with E-state index in [0.29, 0.717) is 0 Å². The largest absolute Gasteiger partial charge is 0.354 e. The summed E-state index contributed by atoms with van der Waals surface area (Å²) in [4.78, 5) is 31.7. The van der Waals surface area contributed by atoms with E-state index in [-0.39, 0.29) is 12.1 Å². The molecule has 1 amide bonds. The van der Waals surface area contributed by atoms with Crippen molar-refractivity contribution < 1.29 is 24.1 Å². The summed E-state index contributed by atoms with van der Waals surface area (Å²) in [5.41, 5.74) is -1.27. The van der Waals surface area contributed by atoms with E-state index in [4.69, 9.17) is 9.47 Å². The van der Waals surface area contributed by atoms with Crippen LogP contribution in [-0.4, -0.2) is 42.8 Å². The van der Waals surface area contributed by atoms with Gasteiger partial charge in [0.05, 0.1) is 28.0 Å². The standard InChI is InChI=1S/C11H13N3O7/c1-20-10(21-2)6-12-11(15)7-3-8(13(16)17)5-9(4-7)14(18)19/h3-5,10H,6H2,1-2H3,(H,12,15). The monoisotopic (exact) mass is 299 g/mol. The average molecular weight is 299 g/mol. The minimum atomic E-state index is -0.809. The lowest BCUT2D eigenvalue weighted by Crippen LogP contribution is -2.34. The van der Waals surface area contributed by atoms with Gasteiger partial charge in [0.2, 0.25) is 0 Å². The van der Waals surface area contributed by atoms with Crippen molar-refractivity contribution in [1.29, 1.82) is 0 Å². The van der Waals surface area contributed by atoms with Crippen LogP contribution in [-0.2, 0) is 9.47 Å². The van der Waals surface area contributed by atoms with Crippen LogP contribution in [0, 0.1) is 20.2 Å². The van der Waals surface area contributed by atoms with Gasteiger partial charge in [0, 0.05) is 26.4 Å². The molecule has 0 aliphatic carbocycles. The van der Waals surface area contributed by atoms with Crippen molar-refractivity contribution in [1.82, 2.24) is 5.32 Å². The molecule has 0 fully saturated rings. The highest BCUT2D eigenvalue weighted by Gasteiger charge is 2.20. The first-order valence-corrected chi connectivity index (χ1v) is 5.66. The predicted molar refractivity (Wildman–Crippen MR) is 69.9 cm³/mol. The molecule has 0 atom stereocenters. The first kappa shape index (κ1) is 16.5. The van der Waals surface area contributed by atoms with E-state index >= 15 is 0 Å². The zero-order chi connectivity index (χ0) is 16.0. The smallest absolute Gasteiger partial charge is 0.277 e. The number of ether oxygens (including phenoxy) is 2. The molecule has 10 nitrogen and oxygen atoms in total. The van der Waals surface area contributed by atoms with Crippen LogP contribution < -0.4 is 5.32 Å². The highest BCUT2D eigenvalue weighted by Crippen LogP contribution is 2.22. The van der Waals surface area contributed by atoms with Crippen molar-refractivity contribution in [2.24, 2.45) is 0 Å². The molecule has 0 saturated heterocycles. The molecule has 0 unspecified atom stereocenters. The molecular formula is C11H13N3O7. The van der Waals surface area contributed by atoms with Crippen molar-refractivity contribution in [3.8, 4) is 0 Å². The number of nitrogens with zero attached hydrogens (tertiary/aromatic N) is 2. The molecule has 0 heterocycles. The zero-order valence-corrected chi connectivity index (χ0v) is 11.3. The van der Waals surface area contributed by atoms with Crippen molar-refractivity contribution in [3.63, 3.8) is 0 Å². The Balaban J connectivity index is 2.97. The number of nitro groups is 2. The summed E-state index contributed by atoms with van der Waals surface area (Å²) in [5.74, 6) is -0.707. The summed E-state index contributed by atoms with van der Waals surface area (Å²) < 4.78 is 9.71. The van der Waals surface area contributed by atoms with Gasteiger partial charge in [-0.1, -0.05) is 0 Å².